The van der Waals surface area contributed by atoms with Gasteiger partial charge in [-0.25, -0.2) is 0 Å². The Kier molecular flexibility index (Phi) is 6.21. The van der Waals surface area contributed by atoms with E-state index in [1.807, 2.05) is 32.0 Å². The van der Waals surface area contributed by atoms with E-state index in [0.29, 0.717) is 30.2 Å². The molecule has 24 heavy (non-hydrogen) atoms. The molecule has 1 N–H and O–H groups in total. The summed E-state index contributed by atoms with van der Waals surface area (Å²) in [4.78, 5) is 12.6. The van der Waals surface area contributed by atoms with Crippen molar-refractivity contribution >= 4 is 11.6 Å². The summed E-state index contributed by atoms with van der Waals surface area (Å²) in [5.41, 5.74) is 3.06. The Hall–Kier alpha value is -2.53. The Balaban J connectivity index is 2.26. The topological polar surface area (TPSA) is 56.8 Å². The van der Waals surface area contributed by atoms with E-state index < -0.39 is 0 Å². The molecule has 0 fully saturated rings. The van der Waals surface area contributed by atoms with Gasteiger partial charge >= 0.3 is 0 Å². The number of rotatable bonds is 7. The van der Waals surface area contributed by atoms with E-state index in [-0.39, 0.29) is 5.91 Å². The highest BCUT2D eigenvalue weighted by molar-refractivity contribution is 6.05. The van der Waals surface area contributed by atoms with Gasteiger partial charge in [-0.15, -0.1) is 0 Å². The lowest BCUT2D eigenvalue weighted by atomic mass is 10.1. The first-order valence-corrected chi connectivity index (χ1v) is 7.79. The van der Waals surface area contributed by atoms with Crippen molar-refractivity contribution in [2.75, 3.05) is 26.1 Å². The summed E-state index contributed by atoms with van der Waals surface area (Å²) in [6.45, 7) is 4.82. The van der Waals surface area contributed by atoms with Crippen LogP contribution in [0.5, 0.6) is 11.5 Å². The second kappa shape index (κ2) is 8.36. The zero-order chi connectivity index (χ0) is 17.5. The van der Waals surface area contributed by atoms with Crippen molar-refractivity contribution in [3.05, 3.63) is 53.1 Å². The molecule has 0 atom stereocenters. The summed E-state index contributed by atoms with van der Waals surface area (Å²) in [6, 6.07) is 11.0. The van der Waals surface area contributed by atoms with E-state index >= 15 is 0 Å². The van der Waals surface area contributed by atoms with Crippen molar-refractivity contribution in [3.63, 3.8) is 0 Å². The second-order valence-corrected chi connectivity index (χ2v) is 5.35. The van der Waals surface area contributed by atoms with Crippen LogP contribution in [0.1, 0.15) is 28.4 Å². The van der Waals surface area contributed by atoms with Gasteiger partial charge in [0.1, 0.15) is 11.5 Å². The zero-order valence-corrected chi connectivity index (χ0v) is 14.5. The summed E-state index contributed by atoms with van der Waals surface area (Å²) >= 11 is 0. The number of ether oxygens (including phenoxy) is 3. The fraction of sp³-hybridized carbons (Fsp3) is 0.316. The van der Waals surface area contributed by atoms with Gasteiger partial charge in [0.05, 0.1) is 26.0 Å². The van der Waals surface area contributed by atoms with Crippen LogP contribution in [0, 0.1) is 6.92 Å². The average molecular weight is 329 g/mol. The number of amides is 1. The maximum atomic E-state index is 12.6. The Morgan fingerprint density at radius 2 is 1.83 bits per heavy atom. The van der Waals surface area contributed by atoms with E-state index in [1.165, 1.54) is 0 Å². The van der Waals surface area contributed by atoms with Crippen LogP contribution >= 0.6 is 0 Å². The van der Waals surface area contributed by atoms with Gasteiger partial charge in [0.2, 0.25) is 0 Å². The molecule has 5 heteroatoms. The van der Waals surface area contributed by atoms with Crippen LogP contribution in [0.2, 0.25) is 0 Å². The summed E-state index contributed by atoms with van der Waals surface area (Å²) < 4.78 is 16.0. The third-order valence-electron chi connectivity index (χ3n) is 3.53. The van der Waals surface area contributed by atoms with Gasteiger partial charge in [-0.2, -0.15) is 0 Å². The molecular formula is C19H23NO4. The molecule has 2 rings (SSSR count). The normalized spacial score (nSPS) is 10.3. The number of carbonyl (C=O) groups excluding carboxylic acids is 1. The highest BCUT2D eigenvalue weighted by Crippen LogP contribution is 2.27. The van der Waals surface area contributed by atoms with Gasteiger partial charge in [-0.1, -0.05) is 6.07 Å². The average Bonchev–Trinajstić information content (AvgIpc) is 2.57. The molecule has 0 spiro atoms. The number of carbonyl (C=O) groups is 1. The maximum Gasteiger partial charge on any atom is 0.255 e. The van der Waals surface area contributed by atoms with Crippen molar-refractivity contribution in [2.24, 2.45) is 0 Å². The summed E-state index contributed by atoms with van der Waals surface area (Å²) in [6.07, 6.45) is 0. The minimum atomic E-state index is -0.209. The van der Waals surface area contributed by atoms with Crippen LogP contribution in [0.15, 0.2) is 36.4 Å². The molecule has 1 amide bonds. The van der Waals surface area contributed by atoms with Crippen LogP contribution in [-0.2, 0) is 11.3 Å². The number of hydrogen-bond donors (Lipinski definition) is 1. The first-order chi connectivity index (χ1) is 11.6. The van der Waals surface area contributed by atoms with Gasteiger partial charge < -0.3 is 19.5 Å². The lowest BCUT2D eigenvalue weighted by Gasteiger charge is -2.13. The fourth-order valence-corrected chi connectivity index (χ4v) is 2.40. The highest BCUT2D eigenvalue weighted by Gasteiger charge is 2.13. The molecule has 0 radical (unpaired) electrons. The molecule has 0 aliphatic heterocycles. The number of hydrogen-bond acceptors (Lipinski definition) is 4. The van der Waals surface area contributed by atoms with E-state index in [2.05, 4.69) is 5.32 Å². The fourth-order valence-electron chi connectivity index (χ4n) is 2.40. The lowest BCUT2D eigenvalue weighted by molar-refractivity contribution is 0.102. The van der Waals surface area contributed by atoms with Crippen molar-refractivity contribution < 1.29 is 19.0 Å². The predicted octanol–water partition coefficient (Wildman–Crippen LogP) is 3.80. The SMILES string of the molecule is CCOc1ccc(C(=O)Nc2cc(C)ccc2OC)cc1COC. The lowest BCUT2D eigenvalue weighted by Crippen LogP contribution is -2.13. The summed E-state index contributed by atoms with van der Waals surface area (Å²) in [7, 11) is 3.19. The summed E-state index contributed by atoms with van der Waals surface area (Å²) in [5, 5.41) is 2.89. The first kappa shape index (κ1) is 17.8. The molecule has 5 nitrogen and oxygen atoms in total. The van der Waals surface area contributed by atoms with Crippen molar-refractivity contribution in [3.8, 4) is 11.5 Å². The van der Waals surface area contributed by atoms with E-state index in [4.69, 9.17) is 14.2 Å². The molecule has 0 saturated heterocycles. The number of methoxy groups -OCH3 is 2. The molecule has 0 aliphatic carbocycles. The van der Waals surface area contributed by atoms with Gasteiger partial charge in [0.25, 0.3) is 5.91 Å². The predicted molar refractivity (Wildman–Crippen MR) is 94.0 cm³/mol. The van der Waals surface area contributed by atoms with Gasteiger partial charge in [0.15, 0.2) is 0 Å². The molecule has 0 bridgehead atoms. The molecular weight excluding hydrogens is 306 g/mol. The Morgan fingerprint density at radius 3 is 2.50 bits per heavy atom. The third-order valence-corrected chi connectivity index (χ3v) is 3.53. The van der Waals surface area contributed by atoms with Crippen molar-refractivity contribution in [2.45, 2.75) is 20.5 Å². The molecule has 0 aliphatic rings. The number of anilines is 1. The van der Waals surface area contributed by atoms with Gasteiger partial charge in [-0.3, -0.25) is 4.79 Å². The first-order valence-electron chi connectivity index (χ1n) is 7.79. The molecule has 0 saturated carbocycles. The maximum absolute atomic E-state index is 12.6. The van der Waals surface area contributed by atoms with Crippen LogP contribution < -0.4 is 14.8 Å². The third kappa shape index (κ3) is 4.26. The largest absolute Gasteiger partial charge is 0.495 e. The minimum absolute atomic E-state index is 0.209. The van der Waals surface area contributed by atoms with Crippen LogP contribution in [0.3, 0.4) is 0 Å². The quantitative estimate of drug-likeness (QED) is 0.839. The number of aryl methyl sites for hydroxylation is 1. The number of nitrogens with one attached hydrogen (secondary N) is 1. The molecule has 128 valence electrons. The zero-order valence-electron chi connectivity index (χ0n) is 14.5. The summed E-state index contributed by atoms with van der Waals surface area (Å²) in [5.74, 6) is 1.14. The van der Waals surface area contributed by atoms with Gasteiger partial charge in [0, 0.05) is 18.2 Å². The molecule has 2 aromatic rings. The van der Waals surface area contributed by atoms with Crippen molar-refractivity contribution in [1.29, 1.82) is 0 Å². The smallest absolute Gasteiger partial charge is 0.255 e. The molecule has 2 aromatic carbocycles. The van der Waals surface area contributed by atoms with Crippen LogP contribution in [0.25, 0.3) is 0 Å². The minimum Gasteiger partial charge on any atom is -0.495 e. The van der Waals surface area contributed by atoms with Crippen LogP contribution in [-0.4, -0.2) is 26.7 Å². The molecule has 0 aromatic heterocycles. The highest BCUT2D eigenvalue weighted by atomic mass is 16.5. The molecule has 0 unspecified atom stereocenters. The standard InChI is InChI=1S/C19H23NO4/c1-5-24-17-9-7-14(11-15(17)12-22-3)19(21)20-16-10-13(2)6-8-18(16)23-4/h6-11H,5,12H2,1-4H3,(H,20,21). The van der Waals surface area contributed by atoms with E-state index in [1.54, 1.807) is 32.4 Å². The van der Waals surface area contributed by atoms with E-state index in [9.17, 15) is 4.79 Å². The number of benzene rings is 2. The Labute approximate surface area is 142 Å². The van der Waals surface area contributed by atoms with E-state index in [0.717, 1.165) is 16.9 Å². The Morgan fingerprint density at radius 1 is 1.08 bits per heavy atom. The van der Waals surface area contributed by atoms with Gasteiger partial charge in [-0.05, 0) is 49.7 Å². The van der Waals surface area contributed by atoms with Crippen LogP contribution in [0.4, 0.5) is 5.69 Å². The molecule has 0 heterocycles. The second-order valence-electron chi connectivity index (χ2n) is 5.35. The monoisotopic (exact) mass is 329 g/mol. The Bertz CT molecular complexity index is 713. The van der Waals surface area contributed by atoms with Crippen molar-refractivity contribution in [1.82, 2.24) is 0 Å².